The molecule has 1 rings (SSSR count). The van der Waals surface area contributed by atoms with E-state index in [1.54, 1.807) is 19.1 Å². The minimum Gasteiger partial charge on any atom is -0.324 e. The van der Waals surface area contributed by atoms with E-state index in [0.717, 1.165) is 25.1 Å². The number of aryl methyl sites for hydroxylation is 1. The Kier molecular flexibility index (Phi) is 6.63. The lowest BCUT2D eigenvalue weighted by Crippen LogP contribution is -2.36. The number of halogens is 1. The molecule has 2 N–H and O–H groups in total. The molecule has 0 radical (unpaired) electrons. The third-order valence-electron chi connectivity index (χ3n) is 3.68. The zero-order chi connectivity index (χ0) is 15.3. The Morgan fingerprint density at radius 2 is 1.85 bits per heavy atom. The van der Waals surface area contributed by atoms with Gasteiger partial charge in [-0.25, -0.2) is 4.39 Å². The molecule has 0 amide bonds. The quantitative estimate of drug-likeness (QED) is 0.821. The number of nitrogens with zero attached hydrogens (tertiary/aromatic N) is 1. The van der Waals surface area contributed by atoms with Crippen molar-refractivity contribution >= 4 is 0 Å². The van der Waals surface area contributed by atoms with Crippen molar-refractivity contribution in [2.75, 3.05) is 13.1 Å². The second-order valence-corrected chi connectivity index (χ2v) is 6.39. The van der Waals surface area contributed by atoms with Gasteiger partial charge in [-0.3, -0.25) is 0 Å². The molecule has 3 heteroatoms. The van der Waals surface area contributed by atoms with E-state index in [9.17, 15) is 4.39 Å². The lowest BCUT2D eigenvalue weighted by atomic mass is 10.0. The minimum atomic E-state index is -0.166. The van der Waals surface area contributed by atoms with Gasteiger partial charge in [0.25, 0.3) is 0 Å². The fourth-order valence-electron chi connectivity index (χ4n) is 2.34. The molecule has 0 aliphatic rings. The zero-order valence-corrected chi connectivity index (χ0v) is 13.5. The lowest BCUT2D eigenvalue weighted by molar-refractivity contribution is 0.191. The summed E-state index contributed by atoms with van der Waals surface area (Å²) < 4.78 is 13.6. The van der Waals surface area contributed by atoms with Crippen molar-refractivity contribution in [1.82, 2.24) is 4.90 Å². The van der Waals surface area contributed by atoms with E-state index in [-0.39, 0.29) is 11.9 Å². The van der Waals surface area contributed by atoms with Gasteiger partial charge in [0, 0.05) is 25.2 Å². The zero-order valence-electron chi connectivity index (χ0n) is 13.5. The molecule has 0 saturated carbocycles. The third kappa shape index (κ3) is 5.22. The highest BCUT2D eigenvalue weighted by Gasteiger charge is 2.14. The van der Waals surface area contributed by atoms with Crippen LogP contribution in [0.25, 0.3) is 0 Å². The number of hydrogen-bond acceptors (Lipinski definition) is 2. The van der Waals surface area contributed by atoms with Gasteiger partial charge in [0.2, 0.25) is 0 Å². The van der Waals surface area contributed by atoms with Crippen LogP contribution >= 0.6 is 0 Å². The Morgan fingerprint density at radius 3 is 2.35 bits per heavy atom. The van der Waals surface area contributed by atoms with Gasteiger partial charge in [0.05, 0.1) is 0 Å². The molecule has 0 aliphatic heterocycles. The molecular weight excluding hydrogens is 251 g/mol. The maximum absolute atomic E-state index is 13.6. The van der Waals surface area contributed by atoms with Crippen LogP contribution in [-0.4, -0.2) is 24.0 Å². The fourth-order valence-corrected chi connectivity index (χ4v) is 2.34. The molecule has 0 fully saturated rings. The normalized spacial score (nSPS) is 13.5. The van der Waals surface area contributed by atoms with Gasteiger partial charge >= 0.3 is 0 Å². The average molecular weight is 280 g/mol. The van der Waals surface area contributed by atoms with Crippen molar-refractivity contribution in [3.05, 3.63) is 35.1 Å². The molecule has 0 aromatic heterocycles. The molecule has 0 saturated heterocycles. The second-order valence-electron chi connectivity index (χ2n) is 6.39. The van der Waals surface area contributed by atoms with E-state index in [4.69, 9.17) is 5.73 Å². The molecule has 2 nitrogen and oxygen atoms in total. The number of rotatable bonds is 7. The summed E-state index contributed by atoms with van der Waals surface area (Å²) in [7, 11) is 0. The topological polar surface area (TPSA) is 29.3 Å². The molecule has 0 heterocycles. The van der Waals surface area contributed by atoms with E-state index in [1.165, 1.54) is 0 Å². The van der Waals surface area contributed by atoms with Crippen LogP contribution < -0.4 is 5.73 Å². The molecule has 114 valence electrons. The van der Waals surface area contributed by atoms with Crippen LogP contribution in [-0.2, 0) is 0 Å². The minimum absolute atomic E-state index is 0.0986. The highest BCUT2D eigenvalue weighted by atomic mass is 19.1. The van der Waals surface area contributed by atoms with Gasteiger partial charge in [-0.1, -0.05) is 26.0 Å². The van der Waals surface area contributed by atoms with Gasteiger partial charge in [-0.2, -0.15) is 0 Å². The molecular formula is C17H29FN2. The Labute approximate surface area is 123 Å². The molecule has 1 unspecified atom stereocenters. The predicted molar refractivity (Wildman–Crippen MR) is 84.2 cm³/mol. The van der Waals surface area contributed by atoms with Crippen LogP contribution in [0.3, 0.4) is 0 Å². The SMILES string of the molecule is Cc1ccc(C(N)CCN(CC(C)C)C(C)C)cc1F. The van der Waals surface area contributed by atoms with Crippen molar-refractivity contribution in [3.63, 3.8) is 0 Å². The first kappa shape index (κ1) is 17.1. The van der Waals surface area contributed by atoms with E-state index < -0.39 is 0 Å². The Bertz CT molecular complexity index is 415. The summed E-state index contributed by atoms with van der Waals surface area (Å²) in [5.41, 5.74) is 7.76. The first-order chi connectivity index (χ1) is 9.31. The van der Waals surface area contributed by atoms with Crippen LogP contribution in [0, 0.1) is 18.7 Å². The number of nitrogens with two attached hydrogens (primary N) is 1. The van der Waals surface area contributed by atoms with Crippen molar-refractivity contribution in [1.29, 1.82) is 0 Å². The van der Waals surface area contributed by atoms with Crippen molar-refractivity contribution in [2.24, 2.45) is 11.7 Å². The molecule has 1 atom stereocenters. The third-order valence-corrected chi connectivity index (χ3v) is 3.68. The van der Waals surface area contributed by atoms with Crippen molar-refractivity contribution < 1.29 is 4.39 Å². The summed E-state index contributed by atoms with van der Waals surface area (Å²) in [6.07, 6.45) is 0.855. The average Bonchev–Trinajstić information content (AvgIpc) is 2.36. The van der Waals surface area contributed by atoms with Gasteiger partial charge in [0.15, 0.2) is 0 Å². The van der Waals surface area contributed by atoms with Crippen LogP contribution in [0.5, 0.6) is 0 Å². The Hall–Kier alpha value is -0.930. The molecule has 0 spiro atoms. The Balaban J connectivity index is 2.60. The predicted octanol–water partition coefficient (Wildman–Crippen LogP) is 3.89. The summed E-state index contributed by atoms with van der Waals surface area (Å²) >= 11 is 0. The molecule has 1 aromatic carbocycles. The number of hydrogen-bond donors (Lipinski definition) is 1. The molecule has 1 aromatic rings. The summed E-state index contributed by atoms with van der Waals surface area (Å²) in [5.74, 6) is 0.478. The second kappa shape index (κ2) is 7.75. The van der Waals surface area contributed by atoms with Crippen LogP contribution in [0.2, 0.25) is 0 Å². The van der Waals surface area contributed by atoms with Crippen LogP contribution in [0.4, 0.5) is 4.39 Å². The maximum atomic E-state index is 13.6. The van der Waals surface area contributed by atoms with Gasteiger partial charge in [-0.15, -0.1) is 0 Å². The van der Waals surface area contributed by atoms with Gasteiger partial charge in [0.1, 0.15) is 5.82 Å². The number of benzene rings is 1. The fraction of sp³-hybridized carbons (Fsp3) is 0.647. The summed E-state index contributed by atoms with van der Waals surface area (Å²) in [6, 6.07) is 5.73. The van der Waals surface area contributed by atoms with Crippen molar-refractivity contribution in [3.8, 4) is 0 Å². The molecule has 0 aliphatic carbocycles. The monoisotopic (exact) mass is 280 g/mol. The summed E-state index contributed by atoms with van der Waals surface area (Å²) in [4.78, 5) is 2.44. The summed E-state index contributed by atoms with van der Waals surface area (Å²) in [5, 5.41) is 0. The van der Waals surface area contributed by atoms with E-state index in [0.29, 0.717) is 17.5 Å². The van der Waals surface area contributed by atoms with E-state index >= 15 is 0 Å². The highest BCUT2D eigenvalue weighted by molar-refractivity contribution is 5.25. The highest BCUT2D eigenvalue weighted by Crippen LogP contribution is 2.18. The van der Waals surface area contributed by atoms with E-state index in [1.807, 2.05) is 6.07 Å². The maximum Gasteiger partial charge on any atom is 0.126 e. The first-order valence-corrected chi connectivity index (χ1v) is 7.57. The molecule has 20 heavy (non-hydrogen) atoms. The Morgan fingerprint density at radius 1 is 1.20 bits per heavy atom. The largest absolute Gasteiger partial charge is 0.324 e. The van der Waals surface area contributed by atoms with Gasteiger partial charge < -0.3 is 10.6 Å². The summed E-state index contributed by atoms with van der Waals surface area (Å²) in [6.45, 7) is 12.7. The van der Waals surface area contributed by atoms with E-state index in [2.05, 4.69) is 32.6 Å². The standard InChI is InChI=1S/C17H29FN2/c1-12(2)11-20(13(3)4)9-8-17(19)15-7-6-14(5)16(18)10-15/h6-7,10,12-13,17H,8-9,11,19H2,1-5H3. The lowest BCUT2D eigenvalue weighted by Gasteiger charge is -2.29. The molecule has 0 bridgehead atoms. The van der Waals surface area contributed by atoms with Crippen LogP contribution in [0.15, 0.2) is 18.2 Å². The first-order valence-electron chi connectivity index (χ1n) is 7.57. The van der Waals surface area contributed by atoms with Gasteiger partial charge in [-0.05, 0) is 50.3 Å². The van der Waals surface area contributed by atoms with Crippen molar-refractivity contribution in [2.45, 2.75) is 53.1 Å². The van der Waals surface area contributed by atoms with Crippen LogP contribution in [0.1, 0.15) is 51.3 Å². The smallest absolute Gasteiger partial charge is 0.126 e.